The lowest BCUT2D eigenvalue weighted by molar-refractivity contribution is 0.317. The first-order valence-electron chi connectivity index (χ1n) is 6.80. The van der Waals surface area contributed by atoms with E-state index in [1.807, 2.05) is 12.1 Å². The minimum atomic E-state index is 0.527. The van der Waals surface area contributed by atoms with Crippen LogP contribution in [0.3, 0.4) is 0 Å². The fraction of sp³-hybridized carbons (Fsp3) is 0.533. The molecule has 1 aromatic carbocycles. The van der Waals surface area contributed by atoms with E-state index in [1.54, 1.807) is 6.07 Å². The molecule has 0 aromatic heterocycles. The molecule has 96 valence electrons. The van der Waals surface area contributed by atoms with Gasteiger partial charge in [-0.15, -0.1) is 0 Å². The second kappa shape index (κ2) is 5.77. The van der Waals surface area contributed by atoms with E-state index >= 15 is 0 Å². The Morgan fingerprint density at radius 1 is 1.39 bits per heavy atom. The predicted molar refractivity (Wildman–Crippen MR) is 75.2 cm³/mol. The summed E-state index contributed by atoms with van der Waals surface area (Å²) in [6.07, 6.45) is 6.39. The van der Waals surface area contributed by atoms with Gasteiger partial charge in [-0.25, -0.2) is 0 Å². The van der Waals surface area contributed by atoms with E-state index in [9.17, 15) is 0 Å². The van der Waals surface area contributed by atoms with Gasteiger partial charge in [0.15, 0.2) is 0 Å². The van der Waals surface area contributed by atoms with Gasteiger partial charge in [-0.05, 0) is 37.0 Å². The minimum Gasteiger partial charge on any atom is -0.397 e. The average molecular weight is 243 g/mol. The first-order valence-corrected chi connectivity index (χ1v) is 6.80. The topological polar surface area (TPSA) is 61.8 Å². The van der Waals surface area contributed by atoms with Crippen molar-refractivity contribution in [3.05, 3.63) is 23.8 Å². The second-order valence-corrected chi connectivity index (χ2v) is 5.12. The fourth-order valence-electron chi connectivity index (χ4n) is 2.85. The highest BCUT2D eigenvalue weighted by atomic mass is 14.9. The summed E-state index contributed by atoms with van der Waals surface area (Å²) in [4.78, 5) is 0. The molecule has 18 heavy (non-hydrogen) atoms. The first kappa shape index (κ1) is 12.8. The number of nitrogens with one attached hydrogen (secondary N) is 1. The lowest BCUT2D eigenvalue weighted by Gasteiger charge is -2.32. The van der Waals surface area contributed by atoms with Gasteiger partial charge >= 0.3 is 0 Å². The van der Waals surface area contributed by atoms with Crippen LogP contribution < -0.4 is 11.1 Å². The van der Waals surface area contributed by atoms with Gasteiger partial charge in [0.2, 0.25) is 0 Å². The maximum atomic E-state index is 8.83. The number of hydrogen-bond acceptors (Lipinski definition) is 3. The first-order chi connectivity index (χ1) is 8.74. The molecule has 1 fully saturated rings. The summed E-state index contributed by atoms with van der Waals surface area (Å²) in [5.74, 6) is 0.744. The Kier molecular flexibility index (Phi) is 4.09. The Hall–Kier alpha value is -1.69. The van der Waals surface area contributed by atoms with Crippen LogP contribution in [-0.4, -0.2) is 6.04 Å². The Morgan fingerprint density at radius 3 is 2.83 bits per heavy atom. The van der Waals surface area contributed by atoms with E-state index in [2.05, 4.69) is 18.3 Å². The van der Waals surface area contributed by atoms with E-state index in [1.165, 1.54) is 32.1 Å². The minimum absolute atomic E-state index is 0.527. The molecule has 0 radical (unpaired) electrons. The highest BCUT2D eigenvalue weighted by Crippen LogP contribution is 2.31. The Morgan fingerprint density at radius 2 is 2.17 bits per heavy atom. The number of rotatable bonds is 3. The Balaban J connectivity index is 2.10. The van der Waals surface area contributed by atoms with E-state index in [0.29, 0.717) is 17.3 Å². The largest absolute Gasteiger partial charge is 0.397 e. The number of anilines is 2. The van der Waals surface area contributed by atoms with Crippen LogP contribution in [0.25, 0.3) is 0 Å². The van der Waals surface area contributed by atoms with Crippen LogP contribution in [0.5, 0.6) is 0 Å². The van der Waals surface area contributed by atoms with Gasteiger partial charge in [-0.3, -0.25) is 0 Å². The molecule has 0 aliphatic heterocycles. The zero-order valence-corrected chi connectivity index (χ0v) is 10.9. The van der Waals surface area contributed by atoms with Crippen molar-refractivity contribution in [1.29, 1.82) is 5.26 Å². The predicted octanol–water partition coefficient (Wildman–Crippen LogP) is 3.52. The van der Waals surface area contributed by atoms with Crippen LogP contribution in [0.15, 0.2) is 18.2 Å². The third-order valence-electron chi connectivity index (χ3n) is 3.96. The lowest BCUT2D eigenvalue weighted by atomic mass is 9.83. The molecule has 1 aliphatic rings. The molecule has 0 amide bonds. The molecule has 3 heteroatoms. The average Bonchev–Trinajstić information content (AvgIpc) is 2.41. The number of nitriles is 1. The molecule has 1 aliphatic carbocycles. The molecule has 0 bridgehead atoms. The second-order valence-electron chi connectivity index (χ2n) is 5.12. The van der Waals surface area contributed by atoms with E-state index in [4.69, 9.17) is 11.0 Å². The number of benzene rings is 1. The SMILES string of the molecule is CCC1CCCCC1Nc1ccc(C#N)cc1N. The molecule has 3 nitrogen and oxygen atoms in total. The van der Waals surface area contributed by atoms with Crippen molar-refractivity contribution in [3.8, 4) is 6.07 Å². The zero-order valence-electron chi connectivity index (χ0n) is 10.9. The van der Waals surface area contributed by atoms with Gasteiger partial charge in [0.1, 0.15) is 0 Å². The van der Waals surface area contributed by atoms with Crippen LogP contribution >= 0.6 is 0 Å². The normalized spacial score (nSPS) is 23.3. The summed E-state index contributed by atoms with van der Waals surface area (Å²) in [5.41, 5.74) is 8.25. The molecule has 0 saturated heterocycles. The Bertz CT molecular complexity index is 448. The van der Waals surface area contributed by atoms with Crippen LogP contribution in [0.2, 0.25) is 0 Å². The number of hydrogen-bond donors (Lipinski definition) is 2. The summed E-state index contributed by atoms with van der Waals surface area (Å²) in [6, 6.07) is 8.13. The smallest absolute Gasteiger partial charge is 0.0992 e. The number of nitrogens with two attached hydrogens (primary N) is 1. The molecular formula is C15H21N3. The van der Waals surface area contributed by atoms with Crippen molar-refractivity contribution >= 4 is 11.4 Å². The molecule has 2 rings (SSSR count). The van der Waals surface area contributed by atoms with Crippen molar-refractivity contribution in [2.24, 2.45) is 5.92 Å². The highest BCUT2D eigenvalue weighted by Gasteiger charge is 2.23. The van der Waals surface area contributed by atoms with Crippen LogP contribution in [0.1, 0.15) is 44.6 Å². The van der Waals surface area contributed by atoms with E-state index in [-0.39, 0.29) is 0 Å². The molecule has 2 unspecified atom stereocenters. The highest BCUT2D eigenvalue weighted by molar-refractivity contribution is 5.68. The van der Waals surface area contributed by atoms with Gasteiger partial charge in [0, 0.05) is 6.04 Å². The molecule has 3 N–H and O–H groups in total. The van der Waals surface area contributed by atoms with Crippen molar-refractivity contribution in [2.75, 3.05) is 11.1 Å². The van der Waals surface area contributed by atoms with Gasteiger partial charge in [-0.1, -0.05) is 26.2 Å². The third kappa shape index (κ3) is 2.76. The summed E-state index contributed by atoms with van der Waals surface area (Å²) in [5, 5.41) is 12.4. The van der Waals surface area contributed by atoms with E-state index < -0.39 is 0 Å². The van der Waals surface area contributed by atoms with Gasteiger partial charge in [-0.2, -0.15) is 5.26 Å². The fourth-order valence-corrected chi connectivity index (χ4v) is 2.85. The van der Waals surface area contributed by atoms with E-state index in [0.717, 1.165) is 11.6 Å². The molecule has 0 heterocycles. The summed E-state index contributed by atoms with van der Waals surface area (Å²) in [7, 11) is 0. The maximum Gasteiger partial charge on any atom is 0.0992 e. The standard InChI is InChI=1S/C15H21N3/c1-2-12-5-3-4-6-14(12)18-15-8-7-11(10-16)9-13(15)17/h7-9,12,14,18H,2-6,17H2,1H3. The zero-order chi connectivity index (χ0) is 13.0. The summed E-state index contributed by atoms with van der Waals surface area (Å²) < 4.78 is 0. The molecule has 1 aromatic rings. The van der Waals surface area contributed by atoms with Crippen LogP contribution in [0.4, 0.5) is 11.4 Å². The Labute approximate surface area is 109 Å². The van der Waals surface area contributed by atoms with Crippen molar-refractivity contribution in [2.45, 2.75) is 45.1 Å². The third-order valence-corrected chi connectivity index (χ3v) is 3.96. The monoisotopic (exact) mass is 243 g/mol. The maximum absolute atomic E-state index is 8.83. The lowest BCUT2D eigenvalue weighted by Crippen LogP contribution is -2.32. The van der Waals surface area contributed by atoms with Crippen molar-refractivity contribution < 1.29 is 0 Å². The van der Waals surface area contributed by atoms with Gasteiger partial charge in [0.05, 0.1) is 23.0 Å². The molecule has 1 saturated carbocycles. The summed E-state index contributed by atoms with van der Waals surface area (Å²) >= 11 is 0. The van der Waals surface area contributed by atoms with Gasteiger partial charge < -0.3 is 11.1 Å². The quantitative estimate of drug-likeness (QED) is 0.798. The van der Waals surface area contributed by atoms with Crippen LogP contribution in [-0.2, 0) is 0 Å². The molecule has 0 spiro atoms. The van der Waals surface area contributed by atoms with Crippen molar-refractivity contribution in [1.82, 2.24) is 0 Å². The number of nitrogens with zero attached hydrogens (tertiary/aromatic N) is 1. The van der Waals surface area contributed by atoms with Crippen LogP contribution in [0, 0.1) is 17.2 Å². The molecular weight excluding hydrogens is 222 g/mol. The summed E-state index contributed by atoms with van der Waals surface area (Å²) in [6.45, 7) is 2.26. The molecule has 2 atom stereocenters. The van der Waals surface area contributed by atoms with Crippen molar-refractivity contribution in [3.63, 3.8) is 0 Å². The number of nitrogen functional groups attached to an aromatic ring is 1. The van der Waals surface area contributed by atoms with Gasteiger partial charge in [0.25, 0.3) is 0 Å².